The lowest BCUT2D eigenvalue weighted by Gasteiger charge is -2.41. The number of benzene rings is 3. The topological polar surface area (TPSA) is 26.3 Å². The number of rotatable bonds is 2. The first kappa shape index (κ1) is 17.9. The van der Waals surface area contributed by atoms with Crippen molar-refractivity contribution in [3.05, 3.63) is 99.6 Å². The molecule has 0 bridgehead atoms. The van der Waals surface area contributed by atoms with Gasteiger partial charge in [0.1, 0.15) is 0 Å². The molecule has 1 aliphatic rings. The van der Waals surface area contributed by atoms with Gasteiger partial charge in [0, 0.05) is 21.6 Å². The fourth-order valence-corrected chi connectivity index (χ4v) is 4.76. The van der Waals surface area contributed by atoms with Crippen molar-refractivity contribution in [3.8, 4) is 0 Å². The molecule has 0 saturated heterocycles. The third-order valence-electron chi connectivity index (χ3n) is 5.66. The highest BCUT2D eigenvalue weighted by Gasteiger charge is 2.47. The summed E-state index contributed by atoms with van der Waals surface area (Å²) in [4.78, 5) is 13.7. The molecule has 27 heavy (non-hydrogen) atoms. The van der Waals surface area contributed by atoms with Crippen molar-refractivity contribution in [1.82, 2.24) is 0 Å². The van der Waals surface area contributed by atoms with Crippen LogP contribution in [0, 0.1) is 27.7 Å². The quantitative estimate of drug-likeness (QED) is 0.482. The van der Waals surface area contributed by atoms with E-state index < -0.39 is 5.60 Å². The van der Waals surface area contributed by atoms with Crippen molar-refractivity contribution in [2.45, 2.75) is 38.2 Å². The van der Waals surface area contributed by atoms with Crippen LogP contribution in [0.1, 0.15) is 38.9 Å². The van der Waals surface area contributed by atoms with Crippen molar-refractivity contribution in [3.63, 3.8) is 0 Å². The Bertz CT molecular complexity index is 1000. The number of hydrogen-bond donors (Lipinski definition) is 0. The lowest BCUT2D eigenvalue weighted by Crippen LogP contribution is -2.38. The summed E-state index contributed by atoms with van der Waals surface area (Å²) in [5.41, 5.74) is 6.80. The molecule has 136 valence electrons. The van der Waals surface area contributed by atoms with Gasteiger partial charge in [0.25, 0.3) is 0 Å². The number of ether oxygens (including phenoxy) is 1. The summed E-state index contributed by atoms with van der Waals surface area (Å²) in [6, 6.07) is 20.5. The number of fused-ring (bicyclic) bond motifs is 1. The van der Waals surface area contributed by atoms with Crippen LogP contribution in [0.5, 0.6) is 0 Å². The van der Waals surface area contributed by atoms with E-state index in [4.69, 9.17) is 4.74 Å². The first-order valence-electron chi connectivity index (χ1n) is 9.09. The van der Waals surface area contributed by atoms with Crippen LogP contribution in [0.25, 0.3) is 0 Å². The standard InChI is InChI=1S/C24H22O2S/c1-15-9-7-12-19(17(15)3)24(20-13-8-10-16(2)18(20)4)21-11-5-6-14-22(21)27-23(25)26-24/h5-14H,1-4H3. The van der Waals surface area contributed by atoms with Gasteiger partial charge in [-0.2, -0.15) is 0 Å². The molecule has 3 heteroatoms. The van der Waals surface area contributed by atoms with Crippen LogP contribution < -0.4 is 0 Å². The molecule has 0 unspecified atom stereocenters. The van der Waals surface area contributed by atoms with Gasteiger partial charge in [-0.3, -0.25) is 0 Å². The van der Waals surface area contributed by atoms with Crippen molar-refractivity contribution < 1.29 is 9.53 Å². The van der Waals surface area contributed by atoms with E-state index in [0.29, 0.717) is 0 Å². The number of carbonyl (C=O) groups is 1. The van der Waals surface area contributed by atoms with Gasteiger partial charge in [0.2, 0.25) is 0 Å². The summed E-state index contributed by atoms with van der Waals surface area (Å²) in [5.74, 6) is 0. The maximum atomic E-state index is 12.7. The van der Waals surface area contributed by atoms with E-state index in [-0.39, 0.29) is 5.30 Å². The smallest absolute Gasteiger partial charge is 0.373 e. The van der Waals surface area contributed by atoms with Gasteiger partial charge in [-0.1, -0.05) is 54.6 Å². The lowest BCUT2D eigenvalue weighted by atomic mass is 9.75. The third-order valence-corrected chi connectivity index (χ3v) is 6.49. The summed E-state index contributed by atoms with van der Waals surface area (Å²) in [7, 11) is 0. The summed E-state index contributed by atoms with van der Waals surface area (Å²) in [6.45, 7) is 8.41. The predicted molar refractivity (Wildman–Crippen MR) is 110 cm³/mol. The monoisotopic (exact) mass is 374 g/mol. The van der Waals surface area contributed by atoms with Gasteiger partial charge in [0.15, 0.2) is 5.60 Å². The molecule has 0 amide bonds. The van der Waals surface area contributed by atoms with E-state index in [2.05, 4.69) is 58.0 Å². The van der Waals surface area contributed by atoms with E-state index in [9.17, 15) is 4.79 Å². The zero-order valence-electron chi connectivity index (χ0n) is 16.0. The molecule has 0 N–H and O–H groups in total. The Morgan fingerprint density at radius 2 is 1.22 bits per heavy atom. The second-order valence-electron chi connectivity index (χ2n) is 7.13. The lowest BCUT2D eigenvalue weighted by molar-refractivity contribution is 0.0837. The van der Waals surface area contributed by atoms with Crippen LogP contribution >= 0.6 is 11.8 Å². The first-order valence-corrected chi connectivity index (χ1v) is 9.90. The Hall–Kier alpha value is -2.52. The molecule has 1 heterocycles. The Kier molecular flexibility index (Phi) is 4.35. The van der Waals surface area contributed by atoms with Crippen LogP contribution in [0.4, 0.5) is 4.79 Å². The van der Waals surface area contributed by atoms with Gasteiger partial charge >= 0.3 is 5.30 Å². The molecule has 0 atom stereocenters. The average molecular weight is 375 g/mol. The van der Waals surface area contributed by atoms with E-state index in [1.165, 1.54) is 11.1 Å². The van der Waals surface area contributed by atoms with Gasteiger partial charge in [0.05, 0.1) is 0 Å². The molecule has 0 spiro atoms. The van der Waals surface area contributed by atoms with Gasteiger partial charge < -0.3 is 4.74 Å². The van der Waals surface area contributed by atoms with Crippen LogP contribution in [-0.2, 0) is 10.3 Å². The first-order chi connectivity index (χ1) is 12.9. The molecule has 2 nitrogen and oxygen atoms in total. The zero-order chi connectivity index (χ0) is 19.2. The fourth-order valence-electron chi connectivity index (χ4n) is 3.95. The second-order valence-corrected chi connectivity index (χ2v) is 8.10. The number of carbonyl (C=O) groups excluding carboxylic acids is 1. The van der Waals surface area contributed by atoms with Crippen LogP contribution in [-0.4, -0.2) is 5.30 Å². The third kappa shape index (κ3) is 2.69. The highest BCUT2D eigenvalue weighted by molar-refractivity contribution is 8.13. The van der Waals surface area contributed by atoms with Crippen molar-refractivity contribution in [2.75, 3.05) is 0 Å². The van der Waals surface area contributed by atoms with Crippen LogP contribution in [0.3, 0.4) is 0 Å². The SMILES string of the molecule is Cc1cccc(C2(c3cccc(C)c3C)OC(=O)Sc3ccccc32)c1C. The van der Waals surface area contributed by atoms with Gasteiger partial charge in [-0.15, -0.1) is 0 Å². The molecule has 3 aromatic carbocycles. The molecule has 3 aromatic rings. The molecule has 0 aliphatic carbocycles. The highest BCUT2D eigenvalue weighted by atomic mass is 32.2. The number of aryl methyl sites for hydroxylation is 2. The minimum atomic E-state index is -0.939. The Morgan fingerprint density at radius 1 is 0.704 bits per heavy atom. The Labute approximate surface area is 164 Å². The highest BCUT2D eigenvalue weighted by Crippen LogP contribution is 2.51. The normalized spacial score (nSPS) is 15.2. The van der Waals surface area contributed by atoms with E-state index in [1.807, 2.05) is 30.3 Å². The summed E-state index contributed by atoms with van der Waals surface area (Å²) in [6.07, 6.45) is 0. The molecular formula is C24H22O2S. The molecule has 0 aromatic heterocycles. The largest absolute Gasteiger partial charge is 0.436 e. The van der Waals surface area contributed by atoms with Crippen molar-refractivity contribution in [1.29, 1.82) is 0 Å². The Balaban J connectivity index is 2.17. The van der Waals surface area contributed by atoms with Crippen molar-refractivity contribution >= 4 is 17.1 Å². The van der Waals surface area contributed by atoms with E-state index in [0.717, 1.165) is 44.5 Å². The predicted octanol–water partition coefficient (Wildman–Crippen LogP) is 6.45. The maximum absolute atomic E-state index is 12.7. The van der Waals surface area contributed by atoms with Crippen molar-refractivity contribution in [2.24, 2.45) is 0 Å². The van der Waals surface area contributed by atoms with Crippen LogP contribution in [0.15, 0.2) is 65.6 Å². The molecular weight excluding hydrogens is 352 g/mol. The second kappa shape index (κ2) is 6.58. The minimum Gasteiger partial charge on any atom is -0.436 e. The molecule has 0 radical (unpaired) electrons. The average Bonchev–Trinajstić information content (AvgIpc) is 2.65. The minimum absolute atomic E-state index is 0.268. The fraction of sp³-hybridized carbons (Fsp3) is 0.208. The van der Waals surface area contributed by atoms with E-state index >= 15 is 0 Å². The maximum Gasteiger partial charge on any atom is 0.373 e. The summed E-state index contributed by atoms with van der Waals surface area (Å²) >= 11 is 1.16. The zero-order valence-corrected chi connectivity index (χ0v) is 16.8. The molecule has 1 aliphatic heterocycles. The van der Waals surface area contributed by atoms with Gasteiger partial charge in [-0.05, 0) is 67.8 Å². The summed E-state index contributed by atoms with van der Waals surface area (Å²) in [5, 5.41) is -0.268. The molecule has 0 fully saturated rings. The number of thioether (sulfide) groups is 1. The number of hydrogen-bond acceptors (Lipinski definition) is 3. The summed E-state index contributed by atoms with van der Waals surface area (Å²) < 4.78 is 6.27. The van der Waals surface area contributed by atoms with E-state index in [1.54, 1.807) is 0 Å². The van der Waals surface area contributed by atoms with Gasteiger partial charge in [-0.25, -0.2) is 4.79 Å². The van der Waals surface area contributed by atoms with Crippen LogP contribution in [0.2, 0.25) is 0 Å². The number of cyclic esters (lactones) is 1. The molecule has 4 rings (SSSR count). The molecule has 0 saturated carbocycles. The Morgan fingerprint density at radius 3 is 1.81 bits per heavy atom.